The number of amides is 1. The maximum absolute atomic E-state index is 12.1. The highest BCUT2D eigenvalue weighted by molar-refractivity contribution is 9.09. The number of carbonyl (C=O) groups is 1. The molecule has 0 fully saturated rings. The van der Waals surface area contributed by atoms with E-state index in [1.807, 2.05) is 48.5 Å². The van der Waals surface area contributed by atoms with Crippen molar-refractivity contribution in [2.24, 2.45) is 0 Å². The van der Waals surface area contributed by atoms with Crippen LogP contribution in [0, 0.1) is 0 Å². The normalized spacial score (nSPS) is 12.4. The molecule has 1 amide bonds. The van der Waals surface area contributed by atoms with Gasteiger partial charge in [0.2, 0.25) is 5.91 Å². The first-order valence-electron chi connectivity index (χ1n) is 5.56. The van der Waals surface area contributed by atoms with Crippen molar-refractivity contribution in [2.45, 2.75) is 0 Å². The van der Waals surface area contributed by atoms with Gasteiger partial charge >= 0.3 is 0 Å². The van der Waals surface area contributed by atoms with E-state index in [4.69, 9.17) is 4.74 Å². The zero-order chi connectivity index (χ0) is 12.5. The van der Waals surface area contributed by atoms with Gasteiger partial charge in [0.25, 0.3) is 0 Å². The largest absolute Gasteiger partial charge is 0.453 e. The molecular weight excluding hydrogens is 294 g/mol. The lowest BCUT2D eigenvalue weighted by Gasteiger charge is -2.30. The number of rotatable bonds is 1. The van der Waals surface area contributed by atoms with Gasteiger partial charge in [-0.15, -0.1) is 0 Å². The maximum atomic E-state index is 12.1. The van der Waals surface area contributed by atoms with Gasteiger partial charge < -0.3 is 4.74 Å². The van der Waals surface area contributed by atoms with Crippen molar-refractivity contribution < 1.29 is 9.53 Å². The number of fused-ring (bicyclic) bond motifs is 2. The second-order valence-electron chi connectivity index (χ2n) is 3.90. The van der Waals surface area contributed by atoms with Crippen molar-refractivity contribution >= 4 is 33.2 Å². The molecule has 0 atom stereocenters. The number of hydrogen-bond acceptors (Lipinski definition) is 2. The first-order chi connectivity index (χ1) is 8.81. The predicted molar refractivity (Wildman–Crippen MR) is 73.9 cm³/mol. The fourth-order valence-corrected chi connectivity index (χ4v) is 2.28. The molecule has 0 aliphatic carbocycles. The van der Waals surface area contributed by atoms with E-state index in [1.54, 1.807) is 4.90 Å². The summed E-state index contributed by atoms with van der Waals surface area (Å²) in [5.74, 6) is 1.38. The van der Waals surface area contributed by atoms with Gasteiger partial charge in [0, 0.05) is 0 Å². The average molecular weight is 304 g/mol. The SMILES string of the molecule is O=C(CBr)N1c2ccccc2Oc2ccccc21. The van der Waals surface area contributed by atoms with E-state index in [-0.39, 0.29) is 11.2 Å². The molecule has 3 nitrogen and oxygen atoms in total. The van der Waals surface area contributed by atoms with Crippen molar-refractivity contribution in [3.63, 3.8) is 0 Å². The Bertz CT molecular complexity index is 567. The number of nitrogens with zero attached hydrogens (tertiary/aromatic N) is 1. The summed E-state index contributed by atoms with van der Waals surface area (Å²) in [7, 11) is 0. The number of alkyl halides is 1. The first-order valence-corrected chi connectivity index (χ1v) is 6.68. The quantitative estimate of drug-likeness (QED) is 0.749. The molecule has 0 unspecified atom stereocenters. The van der Waals surface area contributed by atoms with Crippen molar-refractivity contribution in [3.05, 3.63) is 48.5 Å². The number of halogens is 1. The molecule has 4 heteroatoms. The van der Waals surface area contributed by atoms with E-state index in [0.717, 1.165) is 11.4 Å². The van der Waals surface area contributed by atoms with Crippen molar-refractivity contribution in [1.82, 2.24) is 0 Å². The van der Waals surface area contributed by atoms with Crippen LogP contribution in [-0.4, -0.2) is 11.2 Å². The van der Waals surface area contributed by atoms with Gasteiger partial charge in [-0.1, -0.05) is 40.2 Å². The lowest BCUT2D eigenvalue weighted by molar-refractivity contribution is -0.115. The van der Waals surface area contributed by atoms with Crippen LogP contribution in [-0.2, 0) is 4.79 Å². The van der Waals surface area contributed by atoms with E-state index < -0.39 is 0 Å². The molecule has 0 aromatic heterocycles. The average Bonchev–Trinajstić information content (AvgIpc) is 2.44. The minimum Gasteiger partial charge on any atom is -0.453 e. The second-order valence-corrected chi connectivity index (χ2v) is 4.46. The number of benzene rings is 2. The van der Waals surface area contributed by atoms with Crippen LogP contribution in [0.25, 0.3) is 0 Å². The Kier molecular flexibility index (Phi) is 2.80. The molecule has 0 spiro atoms. The summed E-state index contributed by atoms with van der Waals surface area (Å²) < 4.78 is 5.79. The highest BCUT2D eigenvalue weighted by atomic mass is 79.9. The molecule has 0 N–H and O–H groups in total. The number of para-hydroxylation sites is 4. The standard InChI is InChI=1S/C14H10BrNO2/c15-9-14(17)16-10-5-1-3-7-12(10)18-13-8-4-2-6-11(13)16/h1-8H,9H2. The highest BCUT2D eigenvalue weighted by Gasteiger charge is 2.27. The fraction of sp³-hybridized carbons (Fsp3) is 0.0714. The molecule has 1 aliphatic heterocycles. The van der Waals surface area contributed by atoms with Gasteiger partial charge in [-0.2, -0.15) is 0 Å². The van der Waals surface area contributed by atoms with Crippen LogP contribution in [0.5, 0.6) is 11.5 Å². The zero-order valence-corrected chi connectivity index (χ0v) is 11.1. The summed E-state index contributed by atoms with van der Waals surface area (Å²) in [6, 6.07) is 15.1. The Morgan fingerprint density at radius 1 is 1.00 bits per heavy atom. The lowest BCUT2D eigenvalue weighted by atomic mass is 10.1. The Balaban J connectivity index is 2.20. The molecule has 2 aromatic rings. The second kappa shape index (κ2) is 4.46. The molecular formula is C14H10BrNO2. The molecule has 90 valence electrons. The van der Waals surface area contributed by atoms with Crippen LogP contribution in [0.4, 0.5) is 11.4 Å². The monoisotopic (exact) mass is 303 g/mol. The van der Waals surface area contributed by atoms with Gasteiger partial charge in [0.15, 0.2) is 11.5 Å². The molecule has 0 saturated carbocycles. The molecule has 1 heterocycles. The summed E-state index contributed by atoms with van der Waals surface area (Å²) in [5, 5.41) is 0.273. The minimum atomic E-state index is -0.0156. The van der Waals surface area contributed by atoms with Crippen molar-refractivity contribution in [2.75, 3.05) is 10.2 Å². The maximum Gasteiger partial charge on any atom is 0.242 e. The smallest absolute Gasteiger partial charge is 0.242 e. The fourth-order valence-electron chi connectivity index (χ4n) is 2.03. The van der Waals surface area contributed by atoms with E-state index in [1.165, 1.54) is 0 Å². The van der Waals surface area contributed by atoms with Crippen LogP contribution in [0.1, 0.15) is 0 Å². The Morgan fingerprint density at radius 3 is 2.00 bits per heavy atom. The molecule has 2 aromatic carbocycles. The van der Waals surface area contributed by atoms with Crippen molar-refractivity contribution in [1.29, 1.82) is 0 Å². The zero-order valence-electron chi connectivity index (χ0n) is 9.47. The van der Waals surface area contributed by atoms with Gasteiger partial charge in [0.1, 0.15) is 0 Å². The Labute approximate surface area is 113 Å². The molecule has 3 rings (SSSR count). The summed E-state index contributed by atoms with van der Waals surface area (Å²) in [5.41, 5.74) is 1.56. The first kappa shape index (κ1) is 11.3. The number of ether oxygens (including phenoxy) is 1. The van der Waals surface area contributed by atoms with E-state index in [2.05, 4.69) is 15.9 Å². The van der Waals surface area contributed by atoms with Gasteiger partial charge in [-0.25, -0.2) is 0 Å². The third kappa shape index (κ3) is 1.69. The minimum absolute atomic E-state index is 0.0156. The topological polar surface area (TPSA) is 29.5 Å². The van der Waals surface area contributed by atoms with Crippen LogP contribution in [0.3, 0.4) is 0 Å². The summed E-state index contributed by atoms with van der Waals surface area (Å²) >= 11 is 3.22. The molecule has 0 saturated heterocycles. The molecule has 0 radical (unpaired) electrons. The van der Waals surface area contributed by atoms with Crippen LogP contribution >= 0.6 is 15.9 Å². The highest BCUT2D eigenvalue weighted by Crippen LogP contribution is 2.46. The molecule has 1 aliphatic rings. The van der Waals surface area contributed by atoms with Crippen LogP contribution < -0.4 is 9.64 Å². The van der Waals surface area contributed by atoms with Gasteiger partial charge in [0.05, 0.1) is 16.7 Å². The van der Waals surface area contributed by atoms with Crippen molar-refractivity contribution in [3.8, 4) is 11.5 Å². The van der Waals surface area contributed by atoms with Gasteiger partial charge in [-0.3, -0.25) is 9.69 Å². The number of hydrogen-bond donors (Lipinski definition) is 0. The van der Waals surface area contributed by atoms with Crippen LogP contribution in [0.2, 0.25) is 0 Å². The third-order valence-corrected chi connectivity index (χ3v) is 3.28. The predicted octanol–water partition coefficient (Wildman–Crippen LogP) is 3.85. The van der Waals surface area contributed by atoms with Gasteiger partial charge in [-0.05, 0) is 24.3 Å². The van der Waals surface area contributed by atoms with E-state index >= 15 is 0 Å². The van der Waals surface area contributed by atoms with Crippen LogP contribution in [0.15, 0.2) is 48.5 Å². The Morgan fingerprint density at radius 2 is 1.50 bits per heavy atom. The molecule has 0 bridgehead atoms. The van der Waals surface area contributed by atoms with E-state index in [0.29, 0.717) is 11.5 Å². The number of carbonyl (C=O) groups excluding carboxylic acids is 1. The van der Waals surface area contributed by atoms with E-state index in [9.17, 15) is 4.79 Å². The summed E-state index contributed by atoms with van der Waals surface area (Å²) in [6.07, 6.45) is 0. The summed E-state index contributed by atoms with van der Waals surface area (Å²) in [4.78, 5) is 13.8. The lowest BCUT2D eigenvalue weighted by Crippen LogP contribution is -2.29. The summed E-state index contributed by atoms with van der Waals surface area (Å²) in [6.45, 7) is 0. The Hall–Kier alpha value is -1.81. The third-order valence-electron chi connectivity index (χ3n) is 2.80. The molecule has 18 heavy (non-hydrogen) atoms. The number of anilines is 2.